The van der Waals surface area contributed by atoms with Gasteiger partial charge in [0.25, 0.3) is 0 Å². The van der Waals surface area contributed by atoms with Gasteiger partial charge in [-0.15, -0.1) is 0 Å². The van der Waals surface area contributed by atoms with Gasteiger partial charge in [-0.25, -0.2) is 4.39 Å². The summed E-state index contributed by atoms with van der Waals surface area (Å²) in [5.41, 5.74) is 3.81. The zero-order chi connectivity index (χ0) is 19.0. The van der Waals surface area contributed by atoms with Gasteiger partial charge in [0, 0.05) is 30.0 Å². The van der Waals surface area contributed by atoms with E-state index in [1.807, 2.05) is 12.1 Å². The van der Waals surface area contributed by atoms with Crippen LogP contribution >= 0.6 is 0 Å². The van der Waals surface area contributed by atoms with Crippen LogP contribution in [0.4, 0.5) is 10.1 Å². The van der Waals surface area contributed by atoms with Crippen molar-refractivity contribution in [2.45, 2.75) is 44.9 Å². The number of halogens is 1. The second-order valence-electron chi connectivity index (χ2n) is 7.17. The lowest BCUT2D eigenvalue weighted by Crippen LogP contribution is -2.41. The molecule has 1 atom stereocenters. The van der Waals surface area contributed by atoms with E-state index < -0.39 is 5.82 Å². The average Bonchev–Trinajstić information content (AvgIpc) is 2.68. The van der Waals surface area contributed by atoms with Crippen LogP contribution in [0.25, 0.3) is 0 Å². The van der Waals surface area contributed by atoms with Crippen LogP contribution in [0.15, 0.2) is 59.8 Å². The lowest BCUT2D eigenvalue weighted by atomic mass is 9.77. The van der Waals surface area contributed by atoms with E-state index in [1.165, 1.54) is 16.5 Å². The molecule has 0 bridgehead atoms. The third kappa shape index (κ3) is 3.09. The van der Waals surface area contributed by atoms with E-state index >= 15 is 0 Å². The summed E-state index contributed by atoms with van der Waals surface area (Å²) in [5.74, 6) is -0.761. The zero-order valence-electron chi connectivity index (χ0n) is 15.4. The van der Waals surface area contributed by atoms with Crippen molar-refractivity contribution < 1.29 is 14.0 Å². The fraction of sp³-hybridized carbons (Fsp3) is 0.304. The Bertz CT molecular complexity index is 930. The van der Waals surface area contributed by atoms with Gasteiger partial charge in [0.15, 0.2) is 5.78 Å². The van der Waals surface area contributed by atoms with Gasteiger partial charge in [0.2, 0.25) is 5.91 Å². The van der Waals surface area contributed by atoms with Gasteiger partial charge in [-0.2, -0.15) is 0 Å². The quantitative estimate of drug-likeness (QED) is 0.776. The number of ketones is 1. The Balaban J connectivity index is 1.84. The maximum atomic E-state index is 14.4. The summed E-state index contributed by atoms with van der Waals surface area (Å²) in [4.78, 5) is 27.3. The van der Waals surface area contributed by atoms with Gasteiger partial charge in [0.1, 0.15) is 5.82 Å². The molecule has 0 radical (unpaired) electrons. The zero-order valence-corrected chi connectivity index (χ0v) is 15.4. The van der Waals surface area contributed by atoms with Crippen molar-refractivity contribution >= 4 is 17.4 Å². The van der Waals surface area contributed by atoms with Gasteiger partial charge < -0.3 is 0 Å². The molecule has 0 saturated carbocycles. The SMILES string of the molecule is CCc1ccc(C2CC(=O)N(c3ccccc3F)C3=C2C(=O)CCC3)cc1. The van der Waals surface area contributed by atoms with E-state index in [-0.39, 0.29) is 29.7 Å². The molecule has 1 aliphatic carbocycles. The molecule has 0 aromatic heterocycles. The Morgan fingerprint density at radius 3 is 2.48 bits per heavy atom. The molecule has 0 saturated heterocycles. The van der Waals surface area contributed by atoms with Crippen molar-refractivity contribution in [1.82, 2.24) is 0 Å². The first-order valence-electron chi connectivity index (χ1n) is 9.52. The minimum Gasteiger partial charge on any atom is -0.294 e. The summed E-state index contributed by atoms with van der Waals surface area (Å²) in [6.07, 6.45) is 2.92. The van der Waals surface area contributed by atoms with Crippen molar-refractivity contribution in [2.75, 3.05) is 4.90 Å². The van der Waals surface area contributed by atoms with Crippen LogP contribution in [0.5, 0.6) is 0 Å². The van der Waals surface area contributed by atoms with Crippen LogP contribution in [0.2, 0.25) is 0 Å². The van der Waals surface area contributed by atoms with Crippen LogP contribution < -0.4 is 4.90 Å². The minimum absolute atomic E-state index is 0.0784. The number of hydrogen-bond donors (Lipinski definition) is 0. The van der Waals surface area contributed by atoms with E-state index in [1.54, 1.807) is 18.2 Å². The molecule has 4 rings (SSSR count). The fourth-order valence-electron chi connectivity index (χ4n) is 4.18. The highest BCUT2D eigenvalue weighted by molar-refractivity contribution is 6.07. The first kappa shape index (κ1) is 17.7. The Hall–Kier alpha value is -2.75. The molecule has 3 nitrogen and oxygen atoms in total. The highest BCUT2D eigenvalue weighted by Gasteiger charge is 2.40. The van der Waals surface area contributed by atoms with Crippen LogP contribution in [-0.4, -0.2) is 11.7 Å². The molecule has 0 fully saturated rings. The molecule has 1 aliphatic heterocycles. The molecule has 0 N–H and O–H groups in total. The van der Waals surface area contributed by atoms with Gasteiger partial charge in [-0.1, -0.05) is 43.3 Å². The second-order valence-corrected chi connectivity index (χ2v) is 7.17. The first-order valence-corrected chi connectivity index (χ1v) is 9.52. The maximum absolute atomic E-state index is 14.4. The van der Waals surface area contributed by atoms with Crippen LogP contribution in [0, 0.1) is 5.82 Å². The number of benzene rings is 2. The number of nitrogens with zero attached hydrogens (tertiary/aromatic N) is 1. The Kier molecular flexibility index (Phi) is 4.65. The summed E-state index contributed by atoms with van der Waals surface area (Å²) in [6, 6.07) is 14.4. The average molecular weight is 363 g/mol. The first-order chi connectivity index (χ1) is 13.1. The third-order valence-electron chi connectivity index (χ3n) is 5.56. The molecular formula is C23H22FNO2. The van der Waals surface area contributed by atoms with E-state index in [9.17, 15) is 14.0 Å². The number of carbonyl (C=O) groups is 2. The Morgan fingerprint density at radius 1 is 1.04 bits per heavy atom. The maximum Gasteiger partial charge on any atom is 0.232 e. The fourth-order valence-corrected chi connectivity index (χ4v) is 4.18. The number of allylic oxidation sites excluding steroid dienone is 2. The molecule has 2 aromatic carbocycles. The second kappa shape index (κ2) is 7.10. The number of Topliss-reactive ketones (excluding diaryl/α,β-unsaturated/α-hetero) is 1. The predicted octanol–water partition coefficient (Wildman–Crippen LogP) is 4.92. The predicted molar refractivity (Wildman–Crippen MR) is 103 cm³/mol. The summed E-state index contributed by atoms with van der Waals surface area (Å²) in [7, 11) is 0. The molecule has 27 heavy (non-hydrogen) atoms. The van der Waals surface area contributed by atoms with Crippen molar-refractivity contribution in [2.24, 2.45) is 0 Å². The molecule has 4 heteroatoms. The largest absolute Gasteiger partial charge is 0.294 e. The van der Waals surface area contributed by atoms with Crippen molar-refractivity contribution in [3.8, 4) is 0 Å². The highest BCUT2D eigenvalue weighted by Crippen LogP contribution is 2.43. The molecule has 1 unspecified atom stereocenters. The smallest absolute Gasteiger partial charge is 0.232 e. The summed E-state index contributed by atoms with van der Waals surface area (Å²) in [5, 5.41) is 0. The standard InChI is InChI=1S/C23H22FNO2/c1-2-15-10-12-16(13-11-15)17-14-22(27)25(19-7-4-3-6-18(19)24)20-8-5-9-21(26)23(17)20/h3-4,6-7,10-13,17H,2,5,8-9,14H2,1H3. The summed E-state index contributed by atoms with van der Waals surface area (Å²) >= 11 is 0. The lowest BCUT2D eigenvalue weighted by Gasteiger charge is -2.38. The van der Waals surface area contributed by atoms with Crippen LogP contribution in [0.3, 0.4) is 0 Å². The van der Waals surface area contributed by atoms with Gasteiger partial charge in [-0.05, 0) is 42.5 Å². The van der Waals surface area contributed by atoms with E-state index in [0.29, 0.717) is 30.5 Å². The summed E-state index contributed by atoms with van der Waals surface area (Å²) < 4.78 is 14.4. The molecule has 2 aromatic rings. The van der Waals surface area contributed by atoms with Crippen molar-refractivity contribution in [3.05, 3.63) is 76.7 Å². The van der Waals surface area contributed by atoms with Gasteiger partial charge in [0.05, 0.1) is 5.69 Å². The van der Waals surface area contributed by atoms with Crippen LogP contribution in [0.1, 0.15) is 49.7 Å². The topological polar surface area (TPSA) is 37.4 Å². The number of aryl methyl sites for hydroxylation is 1. The molecule has 1 heterocycles. The summed E-state index contributed by atoms with van der Waals surface area (Å²) in [6.45, 7) is 2.09. The minimum atomic E-state index is -0.443. The number of amides is 1. The van der Waals surface area contributed by atoms with Crippen LogP contribution in [-0.2, 0) is 16.0 Å². The molecule has 2 aliphatic rings. The third-order valence-corrected chi connectivity index (χ3v) is 5.56. The highest BCUT2D eigenvalue weighted by atomic mass is 19.1. The van der Waals surface area contributed by atoms with Crippen molar-refractivity contribution in [1.29, 1.82) is 0 Å². The van der Waals surface area contributed by atoms with Crippen molar-refractivity contribution in [3.63, 3.8) is 0 Å². The molecule has 0 spiro atoms. The Morgan fingerprint density at radius 2 is 1.78 bits per heavy atom. The van der Waals surface area contributed by atoms with E-state index in [0.717, 1.165) is 12.0 Å². The molecule has 1 amide bonds. The lowest BCUT2D eigenvalue weighted by molar-refractivity contribution is -0.120. The number of anilines is 1. The van der Waals surface area contributed by atoms with Gasteiger partial charge >= 0.3 is 0 Å². The normalized spacial score (nSPS) is 20.1. The van der Waals surface area contributed by atoms with E-state index in [2.05, 4.69) is 19.1 Å². The van der Waals surface area contributed by atoms with Gasteiger partial charge in [-0.3, -0.25) is 14.5 Å². The molecule has 138 valence electrons. The molecular weight excluding hydrogens is 341 g/mol. The number of para-hydroxylation sites is 1. The van der Waals surface area contributed by atoms with E-state index in [4.69, 9.17) is 0 Å². The number of hydrogen-bond acceptors (Lipinski definition) is 2. The number of rotatable bonds is 3. The Labute approximate surface area is 158 Å². The number of carbonyl (C=O) groups excluding carboxylic acids is 2. The monoisotopic (exact) mass is 363 g/mol.